The summed E-state index contributed by atoms with van der Waals surface area (Å²) in [7, 11) is 0. The van der Waals surface area contributed by atoms with Crippen molar-refractivity contribution in [3.63, 3.8) is 0 Å². The van der Waals surface area contributed by atoms with Gasteiger partial charge in [0.05, 0.1) is 15.5 Å². The fourth-order valence-electron chi connectivity index (χ4n) is 1.60. The molecular formula is C14H10ClN3O3. The van der Waals surface area contributed by atoms with Crippen molar-refractivity contribution in [2.75, 3.05) is 5.32 Å². The number of benzene rings is 1. The maximum Gasteiger partial charge on any atom is 0.276 e. The third-order valence-electron chi connectivity index (χ3n) is 2.55. The smallest absolute Gasteiger partial charge is 0.276 e. The van der Waals surface area contributed by atoms with Crippen LogP contribution in [0.25, 0.3) is 6.08 Å². The number of pyridine rings is 1. The van der Waals surface area contributed by atoms with Gasteiger partial charge >= 0.3 is 0 Å². The van der Waals surface area contributed by atoms with Gasteiger partial charge in [0.2, 0.25) is 5.91 Å². The van der Waals surface area contributed by atoms with E-state index in [1.54, 1.807) is 30.3 Å². The van der Waals surface area contributed by atoms with Crippen molar-refractivity contribution < 1.29 is 9.72 Å². The van der Waals surface area contributed by atoms with E-state index in [1.165, 1.54) is 24.4 Å². The second-order valence-electron chi connectivity index (χ2n) is 3.97. The minimum atomic E-state index is -0.507. The number of nitro benzene ring substituents is 1. The maximum atomic E-state index is 11.8. The molecule has 1 N–H and O–H groups in total. The molecular weight excluding hydrogens is 294 g/mol. The Balaban J connectivity index is 2.13. The lowest BCUT2D eigenvalue weighted by Crippen LogP contribution is -2.09. The van der Waals surface area contributed by atoms with E-state index < -0.39 is 10.8 Å². The molecule has 0 saturated heterocycles. The molecule has 0 spiro atoms. The van der Waals surface area contributed by atoms with Gasteiger partial charge in [-0.05, 0) is 24.3 Å². The normalized spacial score (nSPS) is 10.5. The first kappa shape index (κ1) is 14.7. The number of carbonyl (C=O) groups excluding carboxylic acids is 1. The van der Waals surface area contributed by atoms with Gasteiger partial charge in [0, 0.05) is 18.3 Å². The fourth-order valence-corrected chi connectivity index (χ4v) is 1.77. The van der Waals surface area contributed by atoms with Gasteiger partial charge in [-0.1, -0.05) is 23.7 Å². The Labute approximate surface area is 125 Å². The number of amides is 1. The van der Waals surface area contributed by atoms with Gasteiger partial charge in [0.15, 0.2) is 5.82 Å². The number of hydrogen-bond donors (Lipinski definition) is 1. The van der Waals surface area contributed by atoms with Crippen molar-refractivity contribution in [2.45, 2.75) is 0 Å². The van der Waals surface area contributed by atoms with Gasteiger partial charge in [-0.25, -0.2) is 4.98 Å². The van der Waals surface area contributed by atoms with E-state index in [0.29, 0.717) is 10.6 Å². The molecule has 1 aromatic heterocycles. The third kappa shape index (κ3) is 3.87. The molecule has 7 heteroatoms. The molecule has 0 aliphatic heterocycles. The van der Waals surface area contributed by atoms with E-state index in [1.807, 2.05) is 0 Å². The van der Waals surface area contributed by atoms with Crippen LogP contribution in [0, 0.1) is 10.1 Å². The summed E-state index contributed by atoms with van der Waals surface area (Å²) in [5.41, 5.74) is 0.266. The summed E-state index contributed by atoms with van der Waals surface area (Å²) >= 11 is 5.86. The van der Waals surface area contributed by atoms with Crippen molar-refractivity contribution in [1.29, 1.82) is 0 Å². The molecule has 2 aromatic rings. The van der Waals surface area contributed by atoms with E-state index in [-0.39, 0.29) is 11.5 Å². The molecule has 0 unspecified atom stereocenters. The van der Waals surface area contributed by atoms with Crippen LogP contribution in [-0.4, -0.2) is 15.8 Å². The quantitative estimate of drug-likeness (QED) is 0.533. The molecule has 0 aliphatic rings. The number of hydrogen-bond acceptors (Lipinski definition) is 4. The number of rotatable bonds is 4. The zero-order chi connectivity index (χ0) is 15.2. The molecule has 1 amide bonds. The Morgan fingerprint density at radius 3 is 2.76 bits per heavy atom. The van der Waals surface area contributed by atoms with Crippen LogP contribution < -0.4 is 5.32 Å². The van der Waals surface area contributed by atoms with Gasteiger partial charge in [-0.3, -0.25) is 14.9 Å². The van der Waals surface area contributed by atoms with E-state index in [4.69, 9.17) is 11.6 Å². The van der Waals surface area contributed by atoms with Crippen molar-refractivity contribution in [2.24, 2.45) is 0 Å². The third-order valence-corrected chi connectivity index (χ3v) is 2.85. The molecule has 0 saturated carbocycles. The monoisotopic (exact) mass is 303 g/mol. The van der Waals surface area contributed by atoms with Crippen LogP contribution in [0.1, 0.15) is 5.56 Å². The molecule has 0 bridgehead atoms. The lowest BCUT2D eigenvalue weighted by atomic mass is 10.1. The molecule has 0 aliphatic carbocycles. The first-order valence-electron chi connectivity index (χ1n) is 5.91. The van der Waals surface area contributed by atoms with Gasteiger partial charge in [0.25, 0.3) is 5.69 Å². The first-order chi connectivity index (χ1) is 10.1. The lowest BCUT2D eigenvalue weighted by molar-refractivity contribution is -0.385. The van der Waals surface area contributed by atoms with Gasteiger partial charge in [-0.2, -0.15) is 0 Å². The summed E-state index contributed by atoms with van der Waals surface area (Å²) in [6.45, 7) is 0. The van der Waals surface area contributed by atoms with Crippen LogP contribution in [0.15, 0.2) is 48.7 Å². The maximum absolute atomic E-state index is 11.8. The summed E-state index contributed by atoms with van der Waals surface area (Å²) < 4.78 is 0. The van der Waals surface area contributed by atoms with Crippen molar-refractivity contribution in [3.8, 4) is 0 Å². The molecule has 0 atom stereocenters. The van der Waals surface area contributed by atoms with E-state index in [2.05, 4.69) is 10.3 Å². The summed E-state index contributed by atoms with van der Waals surface area (Å²) in [4.78, 5) is 26.0. The van der Waals surface area contributed by atoms with Crippen LogP contribution in [0.5, 0.6) is 0 Å². The second-order valence-corrected chi connectivity index (χ2v) is 4.38. The summed E-state index contributed by atoms with van der Waals surface area (Å²) in [6.07, 6.45) is 4.05. The number of carbonyl (C=O) groups is 1. The van der Waals surface area contributed by atoms with Gasteiger partial charge < -0.3 is 5.32 Å². The molecule has 6 nitrogen and oxygen atoms in total. The highest BCUT2D eigenvalue weighted by molar-refractivity contribution is 6.33. The predicted molar refractivity (Wildman–Crippen MR) is 80.0 cm³/mol. The molecule has 106 valence electrons. The summed E-state index contributed by atoms with van der Waals surface area (Å²) in [5, 5.41) is 13.6. The molecule has 1 aromatic carbocycles. The van der Waals surface area contributed by atoms with Crippen LogP contribution in [0.2, 0.25) is 5.02 Å². The predicted octanol–water partition coefficient (Wildman–Crippen LogP) is 3.30. The Hall–Kier alpha value is -2.73. The van der Waals surface area contributed by atoms with Crippen molar-refractivity contribution in [1.82, 2.24) is 4.98 Å². The minimum absolute atomic E-state index is 0.0718. The SMILES string of the molecule is O=C(/C=C/c1ccccc1[N+](=O)[O-])Nc1ncccc1Cl. The molecule has 2 rings (SSSR count). The Kier molecular flexibility index (Phi) is 4.63. The number of anilines is 1. The number of nitro groups is 1. The highest BCUT2D eigenvalue weighted by Gasteiger charge is 2.10. The van der Waals surface area contributed by atoms with E-state index in [0.717, 1.165) is 0 Å². The van der Waals surface area contributed by atoms with Crippen LogP contribution >= 0.6 is 11.6 Å². The largest absolute Gasteiger partial charge is 0.306 e. The highest BCUT2D eigenvalue weighted by Crippen LogP contribution is 2.20. The zero-order valence-electron chi connectivity index (χ0n) is 10.7. The van der Waals surface area contributed by atoms with Crippen LogP contribution in [0.4, 0.5) is 11.5 Å². The standard InChI is InChI=1S/C14H10ClN3O3/c15-11-5-3-9-16-14(11)17-13(19)8-7-10-4-1-2-6-12(10)18(20)21/h1-9H,(H,16,17,19)/b8-7+. The lowest BCUT2D eigenvalue weighted by Gasteiger charge is -2.02. The van der Waals surface area contributed by atoms with Crippen LogP contribution in [-0.2, 0) is 4.79 Å². The van der Waals surface area contributed by atoms with Crippen molar-refractivity contribution >= 4 is 35.1 Å². The molecule has 0 fully saturated rings. The highest BCUT2D eigenvalue weighted by atomic mass is 35.5. The van der Waals surface area contributed by atoms with Gasteiger partial charge in [0.1, 0.15) is 0 Å². The number of aromatic nitrogens is 1. The Bertz CT molecular complexity index is 716. The number of nitrogens with one attached hydrogen (secondary N) is 1. The van der Waals surface area contributed by atoms with E-state index >= 15 is 0 Å². The average Bonchev–Trinajstić information content (AvgIpc) is 2.48. The molecule has 0 radical (unpaired) electrons. The molecule has 1 heterocycles. The first-order valence-corrected chi connectivity index (χ1v) is 6.29. The summed E-state index contributed by atoms with van der Waals surface area (Å²) in [6, 6.07) is 9.36. The van der Waals surface area contributed by atoms with Gasteiger partial charge in [-0.15, -0.1) is 0 Å². The zero-order valence-corrected chi connectivity index (χ0v) is 11.4. The van der Waals surface area contributed by atoms with Crippen LogP contribution in [0.3, 0.4) is 0 Å². The molecule has 21 heavy (non-hydrogen) atoms. The van der Waals surface area contributed by atoms with Crippen molar-refractivity contribution in [3.05, 3.63) is 69.4 Å². The Morgan fingerprint density at radius 1 is 1.29 bits per heavy atom. The average molecular weight is 304 g/mol. The van der Waals surface area contributed by atoms with E-state index in [9.17, 15) is 14.9 Å². The number of para-hydroxylation sites is 1. The fraction of sp³-hybridized carbons (Fsp3) is 0. The Morgan fingerprint density at radius 2 is 2.05 bits per heavy atom. The summed E-state index contributed by atoms with van der Waals surface area (Å²) in [5.74, 6) is -0.245. The number of nitrogens with zero attached hydrogens (tertiary/aromatic N) is 2. The topological polar surface area (TPSA) is 85.1 Å². The number of halogens is 1. The minimum Gasteiger partial charge on any atom is -0.306 e. The second kappa shape index (κ2) is 6.62.